The van der Waals surface area contributed by atoms with Crippen molar-refractivity contribution in [1.29, 1.82) is 0 Å². The van der Waals surface area contributed by atoms with Crippen LogP contribution in [0, 0.1) is 23.7 Å². The summed E-state index contributed by atoms with van der Waals surface area (Å²) in [5.41, 5.74) is 2.74. The molecule has 8 heterocycles. The summed E-state index contributed by atoms with van der Waals surface area (Å²) in [6, 6.07) is 30.2. The Morgan fingerprint density at radius 2 is 0.633 bits per heavy atom. The van der Waals surface area contributed by atoms with Crippen LogP contribution < -0.4 is 21.3 Å². The fraction of sp³-hybridized carbons (Fsp3) is 0.582. The van der Waals surface area contributed by atoms with Crippen LogP contribution in [0.2, 0.25) is 0 Å². The lowest BCUT2D eigenvalue weighted by atomic mass is 9.84. The Balaban J connectivity index is 0.000000155. The van der Waals surface area contributed by atoms with E-state index in [4.69, 9.17) is 4.74 Å². The number of hydrogen-bond donors (Lipinski definition) is 4. The average molecular weight is 2040 g/mol. The molecule has 4 saturated heterocycles. The Kier molecular flexibility index (Phi) is 37.8. The van der Waals surface area contributed by atoms with Crippen LogP contribution in [-0.4, -0.2) is 281 Å². The number of rotatable bonds is 38. The van der Waals surface area contributed by atoms with Crippen molar-refractivity contribution in [3.8, 4) is 0 Å². The number of aromatic nitrogens is 8. The summed E-state index contributed by atoms with van der Waals surface area (Å²) >= 11 is 0. The molecule has 17 rings (SSSR count). The number of Topliss-reactive ketones (excluding diaryl/α,β-unsaturated/α-hetero) is 4. The molecule has 4 saturated carbocycles. The molecule has 9 aromatic rings. The first-order valence-corrected chi connectivity index (χ1v) is 52.4. The van der Waals surface area contributed by atoms with Gasteiger partial charge in [0.2, 0.25) is 17.7 Å². The maximum Gasteiger partial charge on any atom is 0.410 e. The molecule has 794 valence electrons. The van der Waals surface area contributed by atoms with Gasteiger partial charge in [-0.15, -0.1) is 0 Å². The number of hydrogen-bond acceptors (Lipinski definition) is 25. The quantitative estimate of drug-likeness (QED) is 0.0261. The van der Waals surface area contributed by atoms with E-state index in [2.05, 4.69) is 80.7 Å². The standard InChI is InChI=1S/C32H39F2N5O3.C27H37F2N5O2.C26H35F2N5O2.C25H33F2N5O2/c1-3-39(31(41)42-20-22-7-5-4-6-8-22)26-12-10-25(11-13-26)38-18-23(19-38)15-27(40)17-35-30-28-16-24(32(2,33)34)9-14-29(28)36-21-37-30;1-4-5-25(36)33(3)20-7-9-21(10-8-20)34-15-18(16-34)12-22(35)14-30-26-23-13-19(27(2,28)29)6-11-24(23)31-17-32-26;1-4-24(35)32(3)19-6-8-20(9-7-19)33-14-17(15-33)11-21(34)13-29-25-22-12-18(26(2,27)28)5-10-23(22)30-16-31-25;1-16(33)31(3)19-5-7-20(8-6-19)32-13-17(14-32)10-21(34)12-28-24-22-11-18(25(2,26)27)4-9-23(22)29-15-30-24/h4-9,14,16,21,23,25-26H,3,10-13,15,17-20H2,1-2H3,(H,35,36,37);6,11,13,17-18,20-21H,4-5,7-10,12,14-16H2,1-3H3,(H,30,31,32);5,10,12,16-17,19-20H,4,6-9,11,13-15H2,1-3H3,(H,29,30,31);4,9,11,15,17,19-20H,5-8,10,12-14H2,1-3H3,(H,28,29,30). The van der Waals surface area contributed by atoms with E-state index in [1.165, 1.54) is 73.8 Å². The number of nitrogens with one attached hydrogen (secondary N) is 4. The maximum absolute atomic E-state index is 13.8. The van der Waals surface area contributed by atoms with E-state index < -0.39 is 23.7 Å². The van der Waals surface area contributed by atoms with Crippen LogP contribution in [0.1, 0.15) is 231 Å². The van der Waals surface area contributed by atoms with Crippen LogP contribution in [0.3, 0.4) is 0 Å². The maximum atomic E-state index is 13.8. The molecule has 4 N–H and O–H groups in total. The van der Waals surface area contributed by atoms with E-state index in [0.29, 0.717) is 178 Å². The Bertz CT molecular complexity index is 5980. The summed E-state index contributed by atoms with van der Waals surface area (Å²) in [6.07, 6.45) is 25.9. The number of alkyl halides is 8. The normalized spacial score (nSPS) is 21.0. The highest BCUT2D eigenvalue weighted by Gasteiger charge is 2.43. The third-order valence-electron chi connectivity index (χ3n) is 31.0. The number of anilines is 4. The van der Waals surface area contributed by atoms with Crippen LogP contribution in [0.15, 0.2) is 128 Å². The zero-order valence-corrected chi connectivity index (χ0v) is 86.6. The minimum absolute atomic E-state index is 0.0692. The highest BCUT2D eigenvalue weighted by atomic mass is 19.3. The molecular formula is C110H144F8N20O9. The molecule has 8 aliphatic rings. The van der Waals surface area contributed by atoms with Crippen LogP contribution in [-0.2, 0) is 68.6 Å². The Hall–Kier alpha value is -11.7. The predicted octanol–water partition coefficient (Wildman–Crippen LogP) is 18.7. The predicted molar refractivity (Wildman–Crippen MR) is 551 cm³/mol. The lowest BCUT2D eigenvalue weighted by molar-refractivity contribution is -0.133. The van der Waals surface area contributed by atoms with Gasteiger partial charge in [-0.05, 0) is 194 Å². The van der Waals surface area contributed by atoms with Gasteiger partial charge in [-0.3, -0.25) is 53.2 Å². The van der Waals surface area contributed by atoms with Gasteiger partial charge in [-0.25, -0.2) is 79.8 Å². The van der Waals surface area contributed by atoms with Crippen LogP contribution >= 0.6 is 0 Å². The number of halogens is 8. The monoisotopic (exact) mass is 2040 g/mol. The number of benzene rings is 5. The van der Waals surface area contributed by atoms with Gasteiger partial charge in [0, 0.05) is 245 Å². The minimum Gasteiger partial charge on any atom is -0.445 e. The fourth-order valence-corrected chi connectivity index (χ4v) is 22.1. The van der Waals surface area contributed by atoms with Crippen molar-refractivity contribution in [2.75, 3.05) is 127 Å². The number of ether oxygens (including phenoxy) is 1. The first-order valence-electron chi connectivity index (χ1n) is 52.4. The molecule has 0 radical (unpaired) electrons. The van der Waals surface area contributed by atoms with E-state index in [9.17, 15) is 73.5 Å². The number of carbonyl (C=O) groups is 8. The van der Waals surface area contributed by atoms with Gasteiger partial charge in [0.25, 0.3) is 23.7 Å². The summed E-state index contributed by atoms with van der Waals surface area (Å²) < 4.78 is 116. The second-order valence-electron chi connectivity index (χ2n) is 42.0. The van der Waals surface area contributed by atoms with Gasteiger partial charge in [-0.2, -0.15) is 0 Å². The van der Waals surface area contributed by atoms with E-state index in [-0.39, 0.29) is 108 Å². The molecule has 4 aromatic heterocycles. The van der Waals surface area contributed by atoms with Crippen molar-refractivity contribution >= 4 is 114 Å². The van der Waals surface area contributed by atoms with Gasteiger partial charge in [-0.1, -0.05) is 68.4 Å². The second-order valence-corrected chi connectivity index (χ2v) is 42.0. The molecule has 4 aliphatic carbocycles. The van der Waals surface area contributed by atoms with Crippen molar-refractivity contribution in [2.24, 2.45) is 23.7 Å². The van der Waals surface area contributed by atoms with E-state index in [1.807, 2.05) is 91.8 Å². The lowest BCUT2D eigenvalue weighted by Gasteiger charge is -2.47. The summed E-state index contributed by atoms with van der Waals surface area (Å²) in [7, 11) is 5.73. The Morgan fingerprint density at radius 1 is 0.361 bits per heavy atom. The third kappa shape index (κ3) is 29.9. The zero-order chi connectivity index (χ0) is 105. The smallest absolute Gasteiger partial charge is 0.410 e. The number of likely N-dealkylation sites (tertiary alicyclic amines) is 4. The van der Waals surface area contributed by atoms with Crippen molar-refractivity contribution in [3.63, 3.8) is 0 Å². The van der Waals surface area contributed by atoms with Crippen LogP contribution in [0.25, 0.3) is 43.6 Å². The van der Waals surface area contributed by atoms with Gasteiger partial charge in [0.1, 0.15) is 55.2 Å². The molecule has 29 nitrogen and oxygen atoms in total. The molecule has 0 atom stereocenters. The Labute approximate surface area is 855 Å². The van der Waals surface area contributed by atoms with E-state index in [0.717, 1.165) is 195 Å². The molecular weight excluding hydrogens is 1900 g/mol. The fourth-order valence-electron chi connectivity index (χ4n) is 22.1. The SMILES string of the molecule is CC(=O)N(C)C1CCC(N2CC(CC(=O)CNc3ncnc4ccc(C(C)(F)F)cc34)C2)CC1.CCC(=O)N(C)C1CCC(N2CC(CC(=O)CNc3ncnc4ccc(C(C)(F)F)cc34)C2)CC1.CCCC(=O)N(C)C1CCC(N2CC(CC(=O)CNc3ncnc4ccc(C(C)(F)F)cc34)C2)CC1.CCN(C(=O)OCc1ccccc1)C1CCC(N2CC(CC(=O)CNc3ncnc4ccc(C(C)(F)F)cc34)C2)CC1. The highest BCUT2D eigenvalue weighted by molar-refractivity contribution is 5.95. The topological polar surface area (TPSA) is 323 Å². The van der Waals surface area contributed by atoms with Gasteiger partial charge in [0.05, 0.1) is 48.2 Å². The molecule has 0 unspecified atom stereocenters. The van der Waals surface area contributed by atoms with Crippen LogP contribution in [0.4, 0.5) is 63.2 Å². The first kappa shape index (κ1) is 111. The van der Waals surface area contributed by atoms with Gasteiger partial charge in [0.15, 0.2) is 23.1 Å². The van der Waals surface area contributed by atoms with E-state index >= 15 is 0 Å². The molecule has 4 amide bonds. The number of amides is 4. The number of carbonyl (C=O) groups excluding carboxylic acids is 8. The summed E-state index contributed by atoms with van der Waals surface area (Å²) in [5, 5.41) is 14.1. The molecule has 0 spiro atoms. The second kappa shape index (κ2) is 50.1. The third-order valence-corrected chi connectivity index (χ3v) is 31.0. The molecule has 8 fully saturated rings. The van der Waals surface area contributed by atoms with Crippen molar-refractivity contribution < 1.29 is 78.2 Å². The molecule has 5 aromatic carbocycles. The number of ketones is 4. The average Bonchev–Trinajstić information content (AvgIpc) is 0.794. The minimum atomic E-state index is -2.98. The van der Waals surface area contributed by atoms with Crippen molar-refractivity contribution in [3.05, 3.63) is 156 Å². The Morgan fingerprint density at radius 3 is 0.891 bits per heavy atom. The number of nitrogens with zero attached hydrogens (tertiary/aromatic N) is 16. The van der Waals surface area contributed by atoms with Gasteiger partial charge < -0.3 is 45.6 Å². The molecule has 37 heteroatoms. The van der Waals surface area contributed by atoms with Gasteiger partial charge >= 0.3 is 6.09 Å². The highest BCUT2D eigenvalue weighted by Crippen LogP contribution is 2.41. The van der Waals surface area contributed by atoms with Crippen LogP contribution in [0.5, 0.6) is 0 Å². The van der Waals surface area contributed by atoms with E-state index in [1.54, 1.807) is 31.2 Å². The van der Waals surface area contributed by atoms with Crippen molar-refractivity contribution in [1.82, 2.24) is 79.1 Å². The summed E-state index contributed by atoms with van der Waals surface area (Å²) in [4.78, 5) is 150. The summed E-state index contributed by atoms with van der Waals surface area (Å²) in [5.74, 6) is -8.04. The lowest BCUT2D eigenvalue weighted by Crippen LogP contribution is -2.55. The van der Waals surface area contributed by atoms with Crippen molar-refractivity contribution in [2.45, 2.75) is 282 Å². The largest absolute Gasteiger partial charge is 0.445 e. The molecule has 0 bridgehead atoms. The summed E-state index contributed by atoms with van der Waals surface area (Å²) in [6.45, 7) is 19.6. The number of fused-ring (bicyclic) bond motifs is 4. The molecule has 147 heavy (non-hydrogen) atoms. The zero-order valence-electron chi connectivity index (χ0n) is 86.6. The first-order chi connectivity index (χ1) is 70.1. The molecule has 4 aliphatic heterocycles.